The third kappa shape index (κ3) is 0.329. The Hall–Kier alpha value is 0.130. The zero-order valence-corrected chi connectivity index (χ0v) is 5.04. The van der Waals surface area contributed by atoms with Gasteiger partial charge in [0.15, 0.2) is 0 Å². The first kappa shape index (κ1) is 4.96. The van der Waals surface area contributed by atoms with E-state index in [1.165, 1.54) is 0 Å². The molecule has 2 saturated carbocycles. The van der Waals surface area contributed by atoms with Crippen molar-refractivity contribution >= 4 is 15.7 Å². The van der Waals surface area contributed by atoms with Gasteiger partial charge in [-0.25, -0.2) is 0 Å². The SMILES string of the molecule is [B]C1C([B])C2C(C)C12. The molecule has 0 heterocycles. The average molecular weight is 102 g/mol. The molecule has 38 valence electrons. The molecule has 2 rings (SSSR count). The molecule has 4 unspecified atom stereocenters. The summed E-state index contributed by atoms with van der Waals surface area (Å²) in [6, 6.07) is 0. The van der Waals surface area contributed by atoms with Gasteiger partial charge in [-0.1, -0.05) is 18.6 Å². The van der Waals surface area contributed by atoms with Crippen molar-refractivity contribution < 1.29 is 0 Å². The van der Waals surface area contributed by atoms with Crippen molar-refractivity contribution in [3.63, 3.8) is 0 Å². The van der Waals surface area contributed by atoms with E-state index >= 15 is 0 Å². The van der Waals surface area contributed by atoms with E-state index in [1.807, 2.05) is 0 Å². The maximum atomic E-state index is 5.67. The summed E-state index contributed by atoms with van der Waals surface area (Å²) >= 11 is 0. The molecule has 2 aliphatic carbocycles. The first-order valence-electron chi connectivity index (χ1n) is 3.24. The Bertz CT molecular complexity index is 97.7. The zero-order chi connectivity index (χ0) is 5.89. The van der Waals surface area contributed by atoms with Crippen LogP contribution in [0.5, 0.6) is 0 Å². The van der Waals surface area contributed by atoms with Crippen LogP contribution in [0.4, 0.5) is 0 Å². The van der Waals surface area contributed by atoms with E-state index < -0.39 is 0 Å². The van der Waals surface area contributed by atoms with Gasteiger partial charge in [-0.2, -0.15) is 0 Å². The smallest absolute Gasteiger partial charge is 0.0697 e. The monoisotopic (exact) mass is 102 g/mol. The quantitative estimate of drug-likeness (QED) is 0.396. The van der Waals surface area contributed by atoms with Crippen molar-refractivity contribution in [2.75, 3.05) is 0 Å². The molecule has 0 aromatic rings. The second kappa shape index (κ2) is 1.17. The van der Waals surface area contributed by atoms with Crippen molar-refractivity contribution in [1.29, 1.82) is 0 Å². The van der Waals surface area contributed by atoms with Gasteiger partial charge in [0.1, 0.15) is 0 Å². The number of fused-ring (bicyclic) bond motifs is 1. The molecule has 4 radical (unpaired) electrons. The maximum Gasteiger partial charge on any atom is 0.0697 e. The van der Waals surface area contributed by atoms with Crippen LogP contribution in [0.3, 0.4) is 0 Å². The van der Waals surface area contributed by atoms with Crippen molar-refractivity contribution in [2.24, 2.45) is 17.8 Å². The first-order chi connectivity index (χ1) is 3.73. The van der Waals surface area contributed by atoms with Crippen LogP contribution in [-0.2, 0) is 0 Å². The lowest BCUT2D eigenvalue weighted by Crippen LogP contribution is -2.18. The minimum Gasteiger partial charge on any atom is -0.0787 e. The Balaban J connectivity index is 2.08. The van der Waals surface area contributed by atoms with Gasteiger partial charge < -0.3 is 0 Å². The Morgan fingerprint density at radius 2 is 1.38 bits per heavy atom. The average Bonchev–Trinajstić information content (AvgIpc) is 2.37. The van der Waals surface area contributed by atoms with Gasteiger partial charge in [0.2, 0.25) is 0 Å². The Labute approximate surface area is 52.9 Å². The minimum absolute atomic E-state index is 0.329. The van der Waals surface area contributed by atoms with E-state index in [4.69, 9.17) is 15.7 Å². The summed E-state index contributed by atoms with van der Waals surface area (Å²) in [7, 11) is 11.3. The molecule has 0 aromatic heterocycles. The van der Waals surface area contributed by atoms with Crippen LogP contribution >= 0.6 is 0 Å². The zero-order valence-electron chi connectivity index (χ0n) is 5.04. The molecule has 0 nitrogen and oxygen atoms in total. The highest BCUT2D eigenvalue weighted by Crippen LogP contribution is 2.72. The fraction of sp³-hybridized carbons (Fsp3) is 1.00. The third-order valence-corrected chi connectivity index (χ3v) is 2.85. The summed E-state index contributed by atoms with van der Waals surface area (Å²) in [5.41, 5.74) is 0. The highest BCUT2D eigenvalue weighted by Gasteiger charge is 2.61. The molecule has 4 atom stereocenters. The van der Waals surface area contributed by atoms with E-state index in [9.17, 15) is 0 Å². The predicted octanol–water partition coefficient (Wildman–Crippen LogP) is 0.796. The van der Waals surface area contributed by atoms with Gasteiger partial charge >= 0.3 is 0 Å². The normalized spacial score (nSPS) is 68.4. The van der Waals surface area contributed by atoms with E-state index in [0.717, 1.165) is 17.8 Å². The fourth-order valence-electron chi connectivity index (χ4n) is 2.11. The number of hydrogen-bond donors (Lipinski definition) is 0. The lowest BCUT2D eigenvalue weighted by Gasteiger charge is -2.30. The number of rotatable bonds is 0. The van der Waals surface area contributed by atoms with E-state index in [1.54, 1.807) is 0 Å². The molecule has 0 saturated heterocycles. The lowest BCUT2D eigenvalue weighted by atomic mass is 9.54. The highest BCUT2D eigenvalue weighted by atomic mass is 14.6. The van der Waals surface area contributed by atoms with Crippen LogP contribution in [0.15, 0.2) is 0 Å². The Kier molecular flexibility index (Phi) is 0.725. The van der Waals surface area contributed by atoms with E-state index in [0.29, 0.717) is 11.6 Å². The lowest BCUT2D eigenvalue weighted by molar-refractivity contribution is 0.469. The third-order valence-electron chi connectivity index (χ3n) is 2.85. The summed E-state index contributed by atoms with van der Waals surface area (Å²) in [5.74, 6) is 3.08. The van der Waals surface area contributed by atoms with Gasteiger partial charge in [-0.3, -0.25) is 0 Å². The summed E-state index contributed by atoms with van der Waals surface area (Å²) in [4.78, 5) is 0. The van der Waals surface area contributed by atoms with Crippen LogP contribution in [0.1, 0.15) is 6.92 Å². The minimum atomic E-state index is 0.329. The van der Waals surface area contributed by atoms with Crippen LogP contribution in [-0.4, -0.2) is 15.7 Å². The molecule has 2 aliphatic rings. The molecule has 0 aliphatic heterocycles. The largest absolute Gasteiger partial charge is 0.0787 e. The van der Waals surface area contributed by atoms with E-state index in [-0.39, 0.29) is 0 Å². The van der Waals surface area contributed by atoms with E-state index in [2.05, 4.69) is 6.92 Å². The number of hydrogen-bond acceptors (Lipinski definition) is 0. The molecule has 0 spiro atoms. The van der Waals surface area contributed by atoms with Gasteiger partial charge in [-0.05, 0) is 17.8 Å². The van der Waals surface area contributed by atoms with Gasteiger partial charge in [-0.15, -0.1) is 0 Å². The van der Waals surface area contributed by atoms with Crippen LogP contribution in [0, 0.1) is 17.8 Å². The van der Waals surface area contributed by atoms with Crippen molar-refractivity contribution in [1.82, 2.24) is 0 Å². The maximum absolute atomic E-state index is 5.67. The topological polar surface area (TPSA) is 0 Å². The molecule has 8 heavy (non-hydrogen) atoms. The van der Waals surface area contributed by atoms with Crippen molar-refractivity contribution in [3.8, 4) is 0 Å². The summed E-state index contributed by atoms with van der Waals surface area (Å²) in [6.45, 7) is 2.24. The molecule has 0 N–H and O–H groups in total. The standard InChI is InChI=1S/C6H8B2/c1-2-3-4(2)6(8)5(3)7/h2-6H,1H3. The molecule has 0 bridgehead atoms. The molecule has 0 aromatic carbocycles. The van der Waals surface area contributed by atoms with Crippen LogP contribution in [0.25, 0.3) is 0 Å². The first-order valence-corrected chi connectivity index (χ1v) is 3.24. The van der Waals surface area contributed by atoms with Crippen LogP contribution in [0.2, 0.25) is 11.6 Å². The van der Waals surface area contributed by atoms with Crippen molar-refractivity contribution in [3.05, 3.63) is 0 Å². The second-order valence-corrected chi connectivity index (χ2v) is 3.17. The van der Waals surface area contributed by atoms with Crippen LogP contribution < -0.4 is 0 Å². The Morgan fingerprint density at radius 3 is 1.50 bits per heavy atom. The van der Waals surface area contributed by atoms with Gasteiger partial charge in [0, 0.05) is 0 Å². The molecule has 0 amide bonds. The second-order valence-electron chi connectivity index (χ2n) is 3.17. The Morgan fingerprint density at radius 1 is 1.00 bits per heavy atom. The molecule has 2 fully saturated rings. The molecule has 2 heteroatoms. The summed E-state index contributed by atoms with van der Waals surface area (Å²) < 4.78 is 0. The molecular formula is C6H8B2. The fourth-order valence-corrected chi connectivity index (χ4v) is 2.11. The predicted molar refractivity (Wildman–Crippen MR) is 35.2 cm³/mol. The van der Waals surface area contributed by atoms with Gasteiger partial charge in [0.25, 0.3) is 0 Å². The highest BCUT2D eigenvalue weighted by molar-refractivity contribution is 6.23. The molecular weight excluding hydrogens is 93.7 g/mol. The van der Waals surface area contributed by atoms with Crippen molar-refractivity contribution in [2.45, 2.75) is 18.6 Å². The summed E-state index contributed by atoms with van der Waals surface area (Å²) in [5, 5.41) is 0. The van der Waals surface area contributed by atoms with Gasteiger partial charge in [0.05, 0.1) is 15.7 Å². The summed E-state index contributed by atoms with van der Waals surface area (Å²) in [6.07, 6.45) is 0.